The Balaban J connectivity index is 1.94. The topological polar surface area (TPSA) is 3.24 Å². The molecular weight excluding hydrogens is 214 g/mol. The Labute approximate surface area is 94.7 Å². The highest BCUT2D eigenvalue weighted by molar-refractivity contribution is 7.09. The molecule has 0 aliphatic carbocycles. The van der Waals surface area contributed by atoms with Crippen molar-refractivity contribution in [3.05, 3.63) is 22.4 Å². The van der Waals surface area contributed by atoms with Crippen molar-refractivity contribution in [2.24, 2.45) is 0 Å². The largest absolute Gasteiger partial charge is 0.294 e. The van der Waals surface area contributed by atoms with Gasteiger partial charge in [0, 0.05) is 23.3 Å². The van der Waals surface area contributed by atoms with Crippen LogP contribution in [0.1, 0.15) is 24.1 Å². The minimum absolute atomic E-state index is 0.604. The summed E-state index contributed by atoms with van der Waals surface area (Å²) in [5.74, 6) is 0.783. The van der Waals surface area contributed by atoms with Gasteiger partial charge in [-0.15, -0.1) is 22.9 Å². The van der Waals surface area contributed by atoms with Crippen molar-refractivity contribution in [2.75, 3.05) is 12.4 Å². The van der Waals surface area contributed by atoms with Crippen LogP contribution in [0, 0.1) is 0 Å². The van der Waals surface area contributed by atoms with Crippen LogP contribution in [-0.2, 0) is 6.54 Å². The van der Waals surface area contributed by atoms with E-state index in [4.69, 9.17) is 11.6 Å². The van der Waals surface area contributed by atoms with E-state index in [-0.39, 0.29) is 0 Å². The number of thiophene rings is 1. The maximum Gasteiger partial charge on any atom is 0.0379 e. The van der Waals surface area contributed by atoms with Crippen molar-refractivity contribution in [3.8, 4) is 0 Å². The summed E-state index contributed by atoms with van der Waals surface area (Å²) in [7, 11) is 0. The van der Waals surface area contributed by atoms with Gasteiger partial charge in [0.15, 0.2) is 0 Å². The molecule has 0 bridgehead atoms. The Morgan fingerprint density at radius 2 is 2.43 bits per heavy atom. The summed E-state index contributed by atoms with van der Waals surface area (Å²) in [5.41, 5.74) is 0. The van der Waals surface area contributed by atoms with Gasteiger partial charge in [0.05, 0.1) is 0 Å². The zero-order valence-corrected chi connectivity index (χ0v) is 9.86. The monoisotopic (exact) mass is 229 g/mol. The summed E-state index contributed by atoms with van der Waals surface area (Å²) in [6, 6.07) is 4.94. The highest BCUT2D eigenvalue weighted by Gasteiger charge is 2.21. The van der Waals surface area contributed by atoms with Gasteiger partial charge in [-0.3, -0.25) is 4.90 Å². The van der Waals surface area contributed by atoms with Crippen molar-refractivity contribution in [1.82, 2.24) is 4.90 Å². The highest BCUT2D eigenvalue weighted by Crippen LogP contribution is 2.22. The molecule has 2 heterocycles. The van der Waals surface area contributed by atoms with Gasteiger partial charge in [-0.25, -0.2) is 0 Å². The molecule has 0 aromatic carbocycles. The second kappa shape index (κ2) is 5.15. The van der Waals surface area contributed by atoms with Gasteiger partial charge in [0.2, 0.25) is 0 Å². The number of piperidine rings is 1. The highest BCUT2D eigenvalue weighted by atomic mass is 35.5. The molecule has 1 unspecified atom stereocenters. The van der Waals surface area contributed by atoms with Gasteiger partial charge in [-0.05, 0) is 30.8 Å². The normalized spacial score (nSPS) is 23.9. The molecule has 1 aliphatic rings. The predicted molar refractivity (Wildman–Crippen MR) is 63.1 cm³/mol. The first-order valence-corrected chi connectivity index (χ1v) is 6.64. The van der Waals surface area contributed by atoms with Gasteiger partial charge >= 0.3 is 0 Å². The number of halogens is 1. The number of rotatable bonds is 3. The van der Waals surface area contributed by atoms with Crippen LogP contribution in [-0.4, -0.2) is 23.4 Å². The summed E-state index contributed by atoms with van der Waals surface area (Å²) >= 11 is 7.82. The number of likely N-dealkylation sites (tertiary alicyclic amines) is 1. The molecule has 1 nitrogen and oxygen atoms in total. The summed E-state index contributed by atoms with van der Waals surface area (Å²) in [6.45, 7) is 2.31. The SMILES string of the molecule is ClCC1CCCCN1Cc1cccs1. The number of alkyl halides is 1. The average molecular weight is 230 g/mol. The predicted octanol–water partition coefficient (Wildman–Crippen LogP) is 3.34. The van der Waals surface area contributed by atoms with Crippen LogP contribution in [0.25, 0.3) is 0 Å². The lowest BCUT2D eigenvalue weighted by atomic mass is 10.0. The molecule has 1 fully saturated rings. The van der Waals surface area contributed by atoms with Crippen LogP contribution in [0.4, 0.5) is 0 Å². The third-order valence-corrected chi connectivity index (χ3v) is 4.08. The van der Waals surface area contributed by atoms with Crippen molar-refractivity contribution in [2.45, 2.75) is 31.8 Å². The van der Waals surface area contributed by atoms with Crippen molar-refractivity contribution < 1.29 is 0 Å². The molecule has 1 aliphatic heterocycles. The summed E-state index contributed by atoms with van der Waals surface area (Å²) in [4.78, 5) is 3.99. The third kappa shape index (κ3) is 2.50. The average Bonchev–Trinajstić information content (AvgIpc) is 2.71. The number of hydrogen-bond acceptors (Lipinski definition) is 2. The lowest BCUT2D eigenvalue weighted by Gasteiger charge is -2.34. The first-order chi connectivity index (χ1) is 6.90. The summed E-state index contributed by atoms with van der Waals surface area (Å²) in [5, 5.41) is 2.15. The maximum atomic E-state index is 5.98. The Kier molecular flexibility index (Phi) is 3.85. The molecule has 1 aromatic heterocycles. The van der Waals surface area contributed by atoms with E-state index >= 15 is 0 Å². The molecule has 0 spiro atoms. The minimum Gasteiger partial charge on any atom is -0.294 e. The Bertz CT molecular complexity index is 260. The second-order valence-corrected chi connectivity index (χ2v) is 5.19. The number of hydrogen-bond donors (Lipinski definition) is 0. The molecule has 78 valence electrons. The Hall–Kier alpha value is -0.0500. The van der Waals surface area contributed by atoms with Crippen LogP contribution in [0.3, 0.4) is 0 Å². The van der Waals surface area contributed by atoms with E-state index in [0.29, 0.717) is 6.04 Å². The Morgan fingerprint density at radius 3 is 3.14 bits per heavy atom. The van der Waals surface area contributed by atoms with E-state index in [0.717, 1.165) is 12.4 Å². The first-order valence-electron chi connectivity index (χ1n) is 5.22. The fourth-order valence-electron chi connectivity index (χ4n) is 2.05. The maximum absolute atomic E-state index is 5.98. The van der Waals surface area contributed by atoms with Gasteiger partial charge in [0.1, 0.15) is 0 Å². The van der Waals surface area contributed by atoms with Crippen molar-refractivity contribution >= 4 is 22.9 Å². The zero-order chi connectivity index (χ0) is 9.80. The van der Waals surface area contributed by atoms with E-state index in [1.807, 2.05) is 11.3 Å². The van der Waals surface area contributed by atoms with Gasteiger partial charge in [0.25, 0.3) is 0 Å². The fourth-order valence-corrected chi connectivity index (χ4v) is 3.12. The molecule has 1 aromatic rings. The minimum atomic E-state index is 0.604. The molecule has 1 saturated heterocycles. The third-order valence-electron chi connectivity index (χ3n) is 2.87. The summed E-state index contributed by atoms with van der Waals surface area (Å²) < 4.78 is 0. The van der Waals surface area contributed by atoms with Gasteiger partial charge < -0.3 is 0 Å². The van der Waals surface area contributed by atoms with E-state index in [9.17, 15) is 0 Å². The molecule has 1 atom stereocenters. The molecule has 0 saturated carbocycles. The standard InChI is InChI=1S/C11H16ClNS/c12-8-10-4-1-2-6-13(10)9-11-5-3-7-14-11/h3,5,7,10H,1-2,4,6,8-9H2. The lowest BCUT2D eigenvalue weighted by molar-refractivity contribution is 0.156. The number of nitrogens with zero attached hydrogens (tertiary/aromatic N) is 1. The zero-order valence-electron chi connectivity index (χ0n) is 8.29. The molecular formula is C11H16ClNS. The van der Waals surface area contributed by atoms with E-state index in [1.54, 1.807) is 0 Å². The smallest absolute Gasteiger partial charge is 0.0379 e. The van der Waals surface area contributed by atoms with Crippen LogP contribution >= 0.6 is 22.9 Å². The molecule has 14 heavy (non-hydrogen) atoms. The van der Waals surface area contributed by atoms with Crippen LogP contribution in [0.15, 0.2) is 17.5 Å². The van der Waals surface area contributed by atoms with Crippen molar-refractivity contribution in [1.29, 1.82) is 0 Å². The van der Waals surface area contributed by atoms with Gasteiger partial charge in [-0.1, -0.05) is 12.5 Å². The fraction of sp³-hybridized carbons (Fsp3) is 0.636. The van der Waals surface area contributed by atoms with Crippen LogP contribution in [0.5, 0.6) is 0 Å². The van der Waals surface area contributed by atoms with Gasteiger partial charge in [-0.2, -0.15) is 0 Å². The molecule has 0 amide bonds. The van der Waals surface area contributed by atoms with Crippen LogP contribution < -0.4 is 0 Å². The van der Waals surface area contributed by atoms with E-state index in [1.165, 1.54) is 30.7 Å². The molecule has 2 rings (SSSR count). The Morgan fingerprint density at radius 1 is 1.50 bits per heavy atom. The molecule has 0 radical (unpaired) electrons. The molecule has 0 N–H and O–H groups in total. The van der Waals surface area contributed by atoms with E-state index in [2.05, 4.69) is 22.4 Å². The summed E-state index contributed by atoms with van der Waals surface area (Å²) in [6.07, 6.45) is 3.95. The lowest BCUT2D eigenvalue weighted by Crippen LogP contribution is -2.39. The quantitative estimate of drug-likeness (QED) is 0.719. The molecule has 3 heteroatoms. The van der Waals surface area contributed by atoms with Crippen molar-refractivity contribution in [3.63, 3.8) is 0 Å². The van der Waals surface area contributed by atoms with Crippen LogP contribution in [0.2, 0.25) is 0 Å². The second-order valence-electron chi connectivity index (χ2n) is 3.85. The first kappa shape index (κ1) is 10.5. The van der Waals surface area contributed by atoms with E-state index < -0.39 is 0 Å².